The number of imidazole rings is 1. The molecule has 0 radical (unpaired) electrons. The summed E-state index contributed by atoms with van der Waals surface area (Å²) in [6, 6.07) is 5.97. The first kappa shape index (κ1) is 16.6. The Hall–Kier alpha value is -2.89. The third-order valence-corrected chi connectivity index (χ3v) is 4.91. The van der Waals surface area contributed by atoms with Crippen molar-refractivity contribution in [3.8, 4) is 5.75 Å². The van der Waals surface area contributed by atoms with Crippen molar-refractivity contribution in [3.05, 3.63) is 53.6 Å². The number of hydrogen-bond acceptors (Lipinski definition) is 4. The van der Waals surface area contributed by atoms with Gasteiger partial charge in [0.15, 0.2) is 0 Å². The molecule has 0 fully saturated rings. The van der Waals surface area contributed by atoms with Crippen molar-refractivity contribution in [2.75, 3.05) is 20.2 Å². The summed E-state index contributed by atoms with van der Waals surface area (Å²) in [5.74, 6) is 1.95. The molecule has 26 heavy (non-hydrogen) atoms. The fourth-order valence-electron chi connectivity index (χ4n) is 3.48. The van der Waals surface area contributed by atoms with E-state index in [0.717, 1.165) is 40.5 Å². The predicted octanol–water partition coefficient (Wildman–Crippen LogP) is 2.70. The van der Waals surface area contributed by atoms with E-state index in [1.165, 1.54) is 0 Å². The Bertz CT molecular complexity index is 924. The van der Waals surface area contributed by atoms with Gasteiger partial charge in [0.1, 0.15) is 24.5 Å². The van der Waals surface area contributed by atoms with Gasteiger partial charge in [-0.3, -0.25) is 14.4 Å². The highest BCUT2D eigenvalue weighted by molar-refractivity contribution is 6.06. The molecule has 6 nitrogen and oxygen atoms in total. The first-order valence-electron chi connectivity index (χ1n) is 8.85. The Morgan fingerprint density at radius 3 is 2.85 bits per heavy atom. The highest BCUT2D eigenvalue weighted by atomic mass is 16.5. The quantitative estimate of drug-likeness (QED) is 0.837. The number of carbonyl (C=O) groups excluding carboxylic acids is 1. The minimum Gasteiger partial charge on any atom is -0.496 e. The van der Waals surface area contributed by atoms with Crippen LogP contribution in [-0.2, 0) is 11.2 Å². The van der Waals surface area contributed by atoms with Gasteiger partial charge in [0.05, 0.1) is 18.5 Å². The fraction of sp³-hybridized carbons (Fsp3) is 0.350. The van der Waals surface area contributed by atoms with E-state index in [1.54, 1.807) is 13.4 Å². The lowest BCUT2D eigenvalue weighted by Crippen LogP contribution is -2.35. The second-order valence-corrected chi connectivity index (χ2v) is 6.85. The van der Waals surface area contributed by atoms with E-state index in [1.807, 2.05) is 39.9 Å². The van der Waals surface area contributed by atoms with Gasteiger partial charge >= 0.3 is 0 Å². The number of allylic oxidation sites excluding steroid dienone is 1. The summed E-state index contributed by atoms with van der Waals surface area (Å²) in [5.41, 5.74) is 4.05. The Kier molecular flexibility index (Phi) is 4.11. The van der Waals surface area contributed by atoms with Crippen molar-refractivity contribution in [2.24, 2.45) is 4.99 Å². The van der Waals surface area contributed by atoms with Gasteiger partial charge in [0.2, 0.25) is 5.91 Å². The molecule has 1 aromatic heterocycles. The number of aliphatic imine (C=N–C) groups is 1. The van der Waals surface area contributed by atoms with Crippen LogP contribution in [0.15, 0.2) is 41.8 Å². The number of amides is 1. The predicted molar refractivity (Wildman–Crippen MR) is 100 cm³/mol. The average molecular weight is 350 g/mol. The van der Waals surface area contributed by atoms with E-state index >= 15 is 0 Å². The first-order chi connectivity index (χ1) is 12.6. The number of fused-ring (bicyclic) bond motifs is 3. The number of rotatable bonds is 2. The number of methoxy groups -OCH3 is 1. The van der Waals surface area contributed by atoms with E-state index in [0.29, 0.717) is 12.5 Å². The topological polar surface area (TPSA) is 59.7 Å². The summed E-state index contributed by atoms with van der Waals surface area (Å²) in [5, 5.41) is 0. The lowest BCUT2D eigenvalue weighted by molar-refractivity contribution is -0.126. The average Bonchev–Trinajstić information content (AvgIpc) is 3.08. The van der Waals surface area contributed by atoms with Gasteiger partial charge < -0.3 is 9.64 Å². The molecule has 0 spiro atoms. The molecule has 134 valence electrons. The Morgan fingerprint density at radius 2 is 2.12 bits per heavy atom. The molecule has 2 aliphatic rings. The SMILES string of the molecule is COc1cccc2c1CCN1C(=O)CN=C(n3cnc(C(C)C)c3)C=C21. The van der Waals surface area contributed by atoms with Crippen LogP contribution < -0.4 is 4.74 Å². The number of carbonyl (C=O) groups is 1. The van der Waals surface area contributed by atoms with Crippen LogP contribution in [0, 0.1) is 0 Å². The summed E-state index contributed by atoms with van der Waals surface area (Å²) in [6.45, 7) is 5.00. The molecular formula is C20H22N4O2. The van der Waals surface area contributed by atoms with E-state index in [2.05, 4.69) is 23.8 Å². The van der Waals surface area contributed by atoms with Crippen LogP contribution in [0.3, 0.4) is 0 Å². The van der Waals surface area contributed by atoms with Crippen LogP contribution in [0.1, 0.15) is 36.6 Å². The van der Waals surface area contributed by atoms with Gasteiger partial charge in [0, 0.05) is 29.9 Å². The smallest absolute Gasteiger partial charge is 0.248 e. The monoisotopic (exact) mass is 350 g/mol. The van der Waals surface area contributed by atoms with Gasteiger partial charge in [-0.1, -0.05) is 26.0 Å². The fourth-order valence-corrected chi connectivity index (χ4v) is 3.48. The van der Waals surface area contributed by atoms with Crippen molar-refractivity contribution in [2.45, 2.75) is 26.2 Å². The second-order valence-electron chi connectivity index (χ2n) is 6.85. The summed E-state index contributed by atoms with van der Waals surface area (Å²) in [6.07, 6.45) is 6.51. The molecule has 4 rings (SSSR count). The first-order valence-corrected chi connectivity index (χ1v) is 8.85. The zero-order valence-corrected chi connectivity index (χ0v) is 15.3. The summed E-state index contributed by atoms with van der Waals surface area (Å²) in [7, 11) is 1.68. The minimum atomic E-state index is 0.0175. The van der Waals surface area contributed by atoms with Crippen molar-refractivity contribution in [1.29, 1.82) is 0 Å². The van der Waals surface area contributed by atoms with Gasteiger partial charge in [0.25, 0.3) is 0 Å². The van der Waals surface area contributed by atoms with Gasteiger partial charge in [-0.15, -0.1) is 0 Å². The highest BCUT2D eigenvalue weighted by Crippen LogP contribution is 2.35. The zero-order chi connectivity index (χ0) is 18.3. The molecule has 1 aromatic carbocycles. The third kappa shape index (κ3) is 2.71. The highest BCUT2D eigenvalue weighted by Gasteiger charge is 2.29. The van der Waals surface area contributed by atoms with Gasteiger partial charge in [-0.2, -0.15) is 0 Å². The molecule has 0 N–H and O–H groups in total. The number of ether oxygens (including phenoxy) is 1. The van der Waals surface area contributed by atoms with Crippen molar-refractivity contribution in [3.63, 3.8) is 0 Å². The van der Waals surface area contributed by atoms with Crippen LogP contribution in [0.2, 0.25) is 0 Å². The third-order valence-electron chi connectivity index (χ3n) is 4.91. The number of aromatic nitrogens is 2. The van der Waals surface area contributed by atoms with Crippen molar-refractivity contribution in [1.82, 2.24) is 14.5 Å². The van der Waals surface area contributed by atoms with Crippen LogP contribution in [0.25, 0.3) is 5.70 Å². The molecule has 6 heteroatoms. The van der Waals surface area contributed by atoms with Gasteiger partial charge in [-0.25, -0.2) is 4.98 Å². The van der Waals surface area contributed by atoms with Crippen molar-refractivity contribution < 1.29 is 9.53 Å². The molecule has 1 amide bonds. The molecule has 0 bridgehead atoms. The number of nitrogens with zero attached hydrogens (tertiary/aromatic N) is 4. The molecule has 0 unspecified atom stereocenters. The van der Waals surface area contributed by atoms with Crippen LogP contribution in [0.5, 0.6) is 5.75 Å². The van der Waals surface area contributed by atoms with Crippen LogP contribution in [-0.4, -0.2) is 46.4 Å². The summed E-state index contributed by atoms with van der Waals surface area (Å²) < 4.78 is 7.41. The molecule has 0 saturated carbocycles. The van der Waals surface area contributed by atoms with Crippen LogP contribution >= 0.6 is 0 Å². The maximum Gasteiger partial charge on any atom is 0.248 e. The number of hydrogen-bond donors (Lipinski definition) is 0. The molecule has 0 saturated heterocycles. The van der Waals surface area contributed by atoms with Crippen LogP contribution in [0.4, 0.5) is 0 Å². The molecule has 2 aromatic rings. The Labute approximate surface area is 152 Å². The molecule has 0 atom stereocenters. The largest absolute Gasteiger partial charge is 0.496 e. The molecule has 3 heterocycles. The maximum atomic E-state index is 12.6. The summed E-state index contributed by atoms with van der Waals surface area (Å²) in [4.78, 5) is 23.4. The lowest BCUT2D eigenvalue weighted by atomic mass is 9.95. The number of benzene rings is 1. The van der Waals surface area contributed by atoms with Crippen molar-refractivity contribution >= 4 is 17.4 Å². The molecular weight excluding hydrogens is 328 g/mol. The van der Waals surface area contributed by atoms with E-state index in [9.17, 15) is 4.79 Å². The standard InChI is InChI=1S/C20H22N4O2/c1-13(2)16-11-23(12-22-16)19-9-17-14-5-4-6-18(26-3)15(14)7-8-24(17)20(25)10-21-19/h4-6,9,11-13H,7-8,10H2,1-3H3. The lowest BCUT2D eigenvalue weighted by Gasteiger charge is -2.31. The van der Waals surface area contributed by atoms with E-state index in [-0.39, 0.29) is 12.5 Å². The second kappa shape index (κ2) is 6.44. The normalized spacial score (nSPS) is 16.6. The van der Waals surface area contributed by atoms with E-state index in [4.69, 9.17) is 4.74 Å². The molecule has 2 aliphatic heterocycles. The van der Waals surface area contributed by atoms with E-state index < -0.39 is 0 Å². The Morgan fingerprint density at radius 1 is 1.27 bits per heavy atom. The Balaban J connectivity index is 1.82. The summed E-state index contributed by atoms with van der Waals surface area (Å²) >= 11 is 0. The zero-order valence-electron chi connectivity index (χ0n) is 15.3. The van der Waals surface area contributed by atoms with Gasteiger partial charge in [-0.05, 0) is 18.4 Å². The molecule has 0 aliphatic carbocycles. The maximum absolute atomic E-state index is 12.6. The minimum absolute atomic E-state index is 0.0175.